The lowest BCUT2D eigenvalue weighted by Gasteiger charge is -2.07. The fourth-order valence-electron chi connectivity index (χ4n) is 1.31. The molecule has 17 heavy (non-hydrogen) atoms. The van der Waals surface area contributed by atoms with E-state index in [0.29, 0.717) is 12.3 Å². The molecule has 0 radical (unpaired) electrons. The van der Waals surface area contributed by atoms with Crippen molar-refractivity contribution in [2.24, 2.45) is 0 Å². The normalized spacial score (nSPS) is 10.3. The number of ether oxygens (including phenoxy) is 1. The molecule has 88 valence electrons. The van der Waals surface area contributed by atoms with Crippen LogP contribution >= 0.6 is 15.9 Å². The Labute approximate surface area is 108 Å². The van der Waals surface area contributed by atoms with Gasteiger partial charge >= 0.3 is 0 Å². The molecule has 0 aliphatic heterocycles. The summed E-state index contributed by atoms with van der Waals surface area (Å²) in [5.41, 5.74) is 1.85. The molecule has 0 N–H and O–H groups in total. The highest BCUT2D eigenvalue weighted by Crippen LogP contribution is 2.22. The molecule has 0 amide bonds. The first-order valence-electron chi connectivity index (χ1n) is 5.14. The predicted molar refractivity (Wildman–Crippen MR) is 67.4 cm³/mol. The third-order valence-corrected chi connectivity index (χ3v) is 3.17. The van der Waals surface area contributed by atoms with E-state index in [9.17, 15) is 4.39 Å². The number of pyridine rings is 1. The summed E-state index contributed by atoms with van der Waals surface area (Å²) in [6.07, 6.45) is 1.18. The van der Waals surface area contributed by atoms with E-state index >= 15 is 0 Å². The summed E-state index contributed by atoms with van der Waals surface area (Å²) in [4.78, 5) is 3.92. The van der Waals surface area contributed by atoms with Gasteiger partial charge < -0.3 is 4.74 Å². The van der Waals surface area contributed by atoms with E-state index in [1.807, 2.05) is 25.1 Å². The zero-order valence-corrected chi connectivity index (χ0v) is 10.9. The first-order valence-corrected chi connectivity index (χ1v) is 5.94. The van der Waals surface area contributed by atoms with Gasteiger partial charge in [0.1, 0.15) is 18.2 Å². The van der Waals surface area contributed by atoms with Crippen molar-refractivity contribution in [2.75, 3.05) is 0 Å². The molecule has 0 saturated carbocycles. The van der Waals surface area contributed by atoms with Gasteiger partial charge in [0, 0.05) is 4.47 Å². The molecule has 4 heteroatoms. The highest BCUT2D eigenvalue weighted by atomic mass is 79.9. The first-order chi connectivity index (χ1) is 8.15. The first kappa shape index (κ1) is 12.0. The van der Waals surface area contributed by atoms with Gasteiger partial charge in [-0.1, -0.05) is 22.0 Å². The Hall–Kier alpha value is -1.42. The van der Waals surface area contributed by atoms with Gasteiger partial charge in [-0.3, -0.25) is 4.98 Å². The summed E-state index contributed by atoms with van der Waals surface area (Å²) in [5.74, 6) is 0.417. The second-order valence-electron chi connectivity index (χ2n) is 3.67. The Kier molecular flexibility index (Phi) is 3.74. The van der Waals surface area contributed by atoms with Crippen molar-refractivity contribution >= 4 is 15.9 Å². The number of aromatic nitrogens is 1. The second kappa shape index (κ2) is 5.27. The second-order valence-corrected chi connectivity index (χ2v) is 4.52. The highest BCUT2D eigenvalue weighted by molar-refractivity contribution is 9.10. The van der Waals surface area contributed by atoms with E-state index in [4.69, 9.17) is 4.74 Å². The summed E-state index contributed by atoms with van der Waals surface area (Å²) in [5, 5.41) is 0. The van der Waals surface area contributed by atoms with Gasteiger partial charge in [0.15, 0.2) is 0 Å². The van der Waals surface area contributed by atoms with Crippen LogP contribution in [0.2, 0.25) is 0 Å². The quantitative estimate of drug-likeness (QED) is 0.857. The van der Waals surface area contributed by atoms with Crippen molar-refractivity contribution in [3.05, 3.63) is 58.1 Å². The minimum absolute atomic E-state index is 0.329. The number of aryl methyl sites for hydroxylation is 1. The van der Waals surface area contributed by atoms with E-state index in [2.05, 4.69) is 20.9 Å². The van der Waals surface area contributed by atoms with Crippen molar-refractivity contribution in [1.82, 2.24) is 4.98 Å². The molecule has 0 bridgehead atoms. The van der Waals surface area contributed by atoms with Crippen LogP contribution in [0.4, 0.5) is 4.39 Å². The number of nitrogens with zero attached hydrogens (tertiary/aromatic N) is 1. The Morgan fingerprint density at radius 2 is 2.12 bits per heavy atom. The van der Waals surface area contributed by atoms with Crippen LogP contribution in [-0.2, 0) is 6.61 Å². The van der Waals surface area contributed by atoms with Gasteiger partial charge in [0.2, 0.25) is 0 Å². The average molecular weight is 296 g/mol. The Morgan fingerprint density at radius 3 is 2.76 bits per heavy atom. The number of halogens is 2. The molecule has 1 aromatic carbocycles. The maximum absolute atomic E-state index is 12.6. The summed E-state index contributed by atoms with van der Waals surface area (Å²) in [6, 6.07) is 8.75. The monoisotopic (exact) mass is 295 g/mol. The maximum Gasteiger partial charge on any atom is 0.141 e. The zero-order valence-electron chi connectivity index (χ0n) is 9.28. The molecule has 0 saturated heterocycles. The number of hydrogen-bond acceptors (Lipinski definition) is 2. The van der Waals surface area contributed by atoms with Crippen molar-refractivity contribution < 1.29 is 9.13 Å². The van der Waals surface area contributed by atoms with Gasteiger partial charge in [-0.05, 0) is 36.8 Å². The molecule has 1 aromatic heterocycles. The lowest BCUT2D eigenvalue weighted by Crippen LogP contribution is -1.98. The Balaban J connectivity index is 2.02. The molecule has 0 aliphatic rings. The third kappa shape index (κ3) is 3.27. The summed E-state index contributed by atoms with van der Waals surface area (Å²) >= 11 is 3.44. The molecule has 0 aliphatic carbocycles. The van der Waals surface area contributed by atoms with Gasteiger partial charge in [-0.15, -0.1) is 0 Å². The Morgan fingerprint density at radius 1 is 1.29 bits per heavy atom. The molecule has 1 heterocycles. The van der Waals surface area contributed by atoms with Crippen LogP contribution in [-0.4, -0.2) is 4.98 Å². The summed E-state index contributed by atoms with van der Waals surface area (Å²) < 4.78 is 19.2. The van der Waals surface area contributed by atoms with Crippen molar-refractivity contribution in [1.29, 1.82) is 0 Å². The molecule has 0 spiro atoms. The summed E-state index contributed by atoms with van der Waals surface area (Å²) in [7, 11) is 0. The van der Waals surface area contributed by atoms with E-state index in [1.54, 1.807) is 6.07 Å². The minimum Gasteiger partial charge on any atom is -0.487 e. The Bertz CT molecular complexity index is 513. The molecule has 0 atom stereocenters. The van der Waals surface area contributed by atoms with E-state index in [1.165, 1.54) is 12.3 Å². The van der Waals surface area contributed by atoms with E-state index in [-0.39, 0.29) is 5.82 Å². The number of benzene rings is 1. The van der Waals surface area contributed by atoms with Gasteiger partial charge in [-0.25, -0.2) is 4.39 Å². The van der Waals surface area contributed by atoms with Crippen molar-refractivity contribution in [2.45, 2.75) is 13.5 Å². The van der Waals surface area contributed by atoms with Crippen LogP contribution in [0.25, 0.3) is 0 Å². The van der Waals surface area contributed by atoms with Crippen LogP contribution in [0, 0.1) is 12.7 Å². The molecule has 2 nitrogen and oxygen atoms in total. The molecule has 0 fully saturated rings. The van der Waals surface area contributed by atoms with Crippen molar-refractivity contribution in [3.63, 3.8) is 0 Å². The highest BCUT2D eigenvalue weighted by Gasteiger charge is 2.00. The lowest BCUT2D eigenvalue weighted by molar-refractivity contribution is 0.301. The van der Waals surface area contributed by atoms with Crippen LogP contribution in [0.3, 0.4) is 0 Å². The van der Waals surface area contributed by atoms with E-state index < -0.39 is 0 Å². The molecule has 2 rings (SSSR count). The fourth-order valence-corrected chi connectivity index (χ4v) is 1.67. The van der Waals surface area contributed by atoms with Gasteiger partial charge in [0.05, 0.1) is 11.9 Å². The topological polar surface area (TPSA) is 22.1 Å². The zero-order chi connectivity index (χ0) is 12.3. The van der Waals surface area contributed by atoms with Crippen LogP contribution in [0.15, 0.2) is 41.0 Å². The molecular formula is C13H11BrFNO. The molecule has 2 aromatic rings. The van der Waals surface area contributed by atoms with Crippen LogP contribution in [0.1, 0.15) is 11.3 Å². The molecule has 0 unspecified atom stereocenters. The fraction of sp³-hybridized carbons (Fsp3) is 0.154. The molecular weight excluding hydrogens is 285 g/mol. The SMILES string of the molecule is Cc1ccc(OCc2ccc(F)cn2)cc1Br. The van der Waals surface area contributed by atoms with Gasteiger partial charge in [0.25, 0.3) is 0 Å². The van der Waals surface area contributed by atoms with Gasteiger partial charge in [-0.2, -0.15) is 0 Å². The maximum atomic E-state index is 12.6. The van der Waals surface area contributed by atoms with Crippen LogP contribution < -0.4 is 4.74 Å². The summed E-state index contributed by atoms with van der Waals surface area (Å²) in [6.45, 7) is 2.34. The lowest BCUT2D eigenvalue weighted by atomic mass is 10.2. The third-order valence-electron chi connectivity index (χ3n) is 2.32. The van der Waals surface area contributed by atoms with Crippen LogP contribution in [0.5, 0.6) is 5.75 Å². The number of rotatable bonds is 3. The average Bonchev–Trinajstić information content (AvgIpc) is 2.33. The van der Waals surface area contributed by atoms with Crippen molar-refractivity contribution in [3.8, 4) is 5.75 Å². The number of hydrogen-bond donors (Lipinski definition) is 0. The smallest absolute Gasteiger partial charge is 0.141 e. The van der Waals surface area contributed by atoms with E-state index in [0.717, 1.165) is 15.8 Å². The largest absolute Gasteiger partial charge is 0.487 e. The standard InChI is InChI=1S/C13H11BrFNO/c1-9-2-5-12(6-13(9)14)17-8-11-4-3-10(15)7-16-11/h2-7H,8H2,1H3. The minimum atomic E-state index is -0.341. The predicted octanol–water partition coefficient (Wildman–Crippen LogP) is 3.87.